The van der Waals surface area contributed by atoms with E-state index in [0.29, 0.717) is 58.6 Å². The van der Waals surface area contributed by atoms with Crippen molar-refractivity contribution in [2.75, 3.05) is 41.2 Å². The number of benzene rings is 3. The number of allylic oxidation sites excluding steroid dienone is 3. The second kappa shape index (κ2) is 14.9. The number of nitrogens with one attached hydrogen (secondary N) is 1. The van der Waals surface area contributed by atoms with Gasteiger partial charge in [0, 0.05) is 29.3 Å². The number of hydrogen-bond donors (Lipinski definition) is 1. The fourth-order valence-corrected chi connectivity index (χ4v) is 6.07. The number of hydrogen-bond acceptors (Lipinski definition) is 9. The molecule has 1 aliphatic carbocycles. The summed E-state index contributed by atoms with van der Waals surface area (Å²) in [6.07, 6.45) is 1.69. The first-order valence-electron chi connectivity index (χ1n) is 15.5. The van der Waals surface area contributed by atoms with E-state index in [4.69, 9.17) is 28.4 Å². The fourth-order valence-electron chi connectivity index (χ4n) is 6.07. The first-order chi connectivity index (χ1) is 22.4. The van der Waals surface area contributed by atoms with E-state index in [1.165, 1.54) is 0 Å². The smallest absolute Gasteiger partial charge is 0.336 e. The van der Waals surface area contributed by atoms with Crippen molar-refractivity contribution in [2.45, 2.75) is 44.9 Å². The standard InChI is InChI=1S/C37H41NO8/c1-6-16-45-31-15-13-25(22-33(31)43-5)35-34(37(40)46-18-17-44-27-10-8-7-9-11-27)23(2)38-28-19-26(20-29(39)36(28)35)24-12-14-30(41-3)32(21-24)42-4/h7-15,21-22,26,35,38H,6,16-20H2,1-5H3/t26-,35-/m0/s1. The third-order valence-electron chi connectivity index (χ3n) is 8.24. The quantitative estimate of drug-likeness (QED) is 0.168. The van der Waals surface area contributed by atoms with Crippen molar-refractivity contribution >= 4 is 11.8 Å². The lowest BCUT2D eigenvalue weighted by molar-refractivity contribution is -0.140. The van der Waals surface area contributed by atoms with E-state index in [9.17, 15) is 9.59 Å². The molecule has 0 spiro atoms. The lowest BCUT2D eigenvalue weighted by Crippen LogP contribution is -2.36. The van der Waals surface area contributed by atoms with Gasteiger partial charge in [-0.05, 0) is 73.2 Å². The van der Waals surface area contributed by atoms with E-state index < -0.39 is 11.9 Å². The van der Waals surface area contributed by atoms with Crippen LogP contribution in [0.3, 0.4) is 0 Å². The maximum atomic E-state index is 14.1. The van der Waals surface area contributed by atoms with Crippen molar-refractivity contribution in [1.29, 1.82) is 0 Å². The average molecular weight is 628 g/mol. The Balaban J connectivity index is 1.47. The van der Waals surface area contributed by atoms with E-state index in [1.807, 2.05) is 80.6 Å². The van der Waals surface area contributed by atoms with Crippen molar-refractivity contribution in [1.82, 2.24) is 5.32 Å². The van der Waals surface area contributed by atoms with Crippen LogP contribution in [0.15, 0.2) is 89.3 Å². The Labute approximate surface area is 270 Å². The molecule has 0 saturated heterocycles. The van der Waals surface area contributed by atoms with Crippen LogP contribution in [0.4, 0.5) is 0 Å². The summed E-state index contributed by atoms with van der Waals surface area (Å²) >= 11 is 0. The number of rotatable bonds is 13. The largest absolute Gasteiger partial charge is 0.493 e. The number of methoxy groups -OCH3 is 3. The van der Waals surface area contributed by atoms with Gasteiger partial charge >= 0.3 is 5.97 Å². The van der Waals surface area contributed by atoms with Crippen LogP contribution in [-0.4, -0.2) is 52.9 Å². The minimum Gasteiger partial charge on any atom is -0.493 e. The molecule has 5 rings (SSSR count). The van der Waals surface area contributed by atoms with Crippen molar-refractivity contribution < 1.29 is 38.0 Å². The number of para-hydroxylation sites is 1. The van der Waals surface area contributed by atoms with Gasteiger partial charge in [0.05, 0.1) is 33.5 Å². The first-order valence-corrected chi connectivity index (χ1v) is 15.5. The molecule has 3 aromatic carbocycles. The lowest BCUT2D eigenvalue weighted by Gasteiger charge is -2.37. The number of dihydropyridines is 1. The molecular weight excluding hydrogens is 586 g/mol. The third-order valence-corrected chi connectivity index (χ3v) is 8.24. The highest BCUT2D eigenvalue weighted by molar-refractivity contribution is 6.04. The summed E-state index contributed by atoms with van der Waals surface area (Å²) in [4.78, 5) is 27.9. The van der Waals surface area contributed by atoms with Gasteiger partial charge < -0.3 is 33.7 Å². The first kappa shape index (κ1) is 32.5. The topological polar surface area (TPSA) is 102 Å². The predicted molar refractivity (Wildman–Crippen MR) is 174 cm³/mol. The van der Waals surface area contributed by atoms with Crippen LogP contribution in [0.1, 0.15) is 56.1 Å². The van der Waals surface area contributed by atoms with Crippen molar-refractivity contribution in [3.63, 3.8) is 0 Å². The maximum absolute atomic E-state index is 14.1. The summed E-state index contributed by atoms with van der Waals surface area (Å²) in [5.74, 6) is 1.74. The van der Waals surface area contributed by atoms with Crippen LogP contribution in [-0.2, 0) is 14.3 Å². The van der Waals surface area contributed by atoms with Gasteiger partial charge in [0.15, 0.2) is 28.8 Å². The lowest BCUT2D eigenvalue weighted by atomic mass is 9.71. The summed E-state index contributed by atoms with van der Waals surface area (Å²) in [6, 6.07) is 20.7. The van der Waals surface area contributed by atoms with E-state index in [-0.39, 0.29) is 31.3 Å². The van der Waals surface area contributed by atoms with Gasteiger partial charge in [0.1, 0.15) is 19.0 Å². The van der Waals surface area contributed by atoms with Crippen LogP contribution < -0.4 is 29.0 Å². The zero-order valence-electron chi connectivity index (χ0n) is 27.0. The number of ether oxygens (including phenoxy) is 6. The van der Waals surface area contributed by atoms with Crippen molar-refractivity contribution in [3.05, 3.63) is 100 Å². The third kappa shape index (κ3) is 6.98. The fraction of sp³-hybridized carbons (Fsp3) is 0.351. The van der Waals surface area contributed by atoms with E-state index in [0.717, 1.165) is 23.2 Å². The minimum atomic E-state index is -0.660. The molecule has 0 bridgehead atoms. The summed E-state index contributed by atoms with van der Waals surface area (Å²) < 4.78 is 34.0. The van der Waals surface area contributed by atoms with Gasteiger partial charge in [0.2, 0.25) is 0 Å². The molecule has 0 unspecified atom stereocenters. The van der Waals surface area contributed by atoms with Crippen LogP contribution >= 0.6 is 0 Å². The summed E-state index contributed by atoms with van der Waals surface area (Å²) in [5.41, 5.74) is 4.05. The van der Waals surface area contributed by atoms with E-state index in [1.54, 1.807) is 21.3 Å². The Hall–Kier alpha value is -4.92. The molecule has 242 valence electrons. The monoisotopic (exact) mass is 627 g/mol. The van der Waals surface area contributed by atoms with E-state index >= 15 is 0 Å². The van der Waals surface area contributed by atoms with Gasteiger partial charge in [-0.3, -0.25) is 4.79 Å². The summed E-state index contributed by atoms with van der Waals surface area (Å²) in [7, 11) is 4.76. The second-order valence-corrected chi connectivity index (χ2v) is 11.2. The molecule has 0 fully saturated rings. The number of carbonyl (C=O) groups is 2. The Morgan fingerprint density at radius 1 is 0.783 bits per heavy atom. The molecule has 0 aromatic heterocycles. The second-order valence-electron chi connectivity index (χ2n) is 11.2. The van der Waals surface area contributed by atoms with Gasteiger partial charge in [0.25, 0.3) is 0 Å². The molecule has 3 aromatic rings. The number of ketones is 1. The molecular formula is C37H41NO8. The zero-order valence-corrected chi connectivity index (χ0v) is 27.0. The van der Waals surface area contributed by atoms with Crippen LogP contribution in [0.5, 0.6) is 28.7 Å². The summed E-state index contributed by atoms with van der Waals surface area (Å²) in [5, 5.41) is 3.41. The number of carbonyl (C=O) groups excluding carboxylic acids is 2. The van der Waals surface area contributed by atoms with Gasteiger partial charge in [-0.25, -0.2) is 4.79 Å². The molecule has 0 saturated carbocycles. The molecule has 0 amide bonds. The molecule has 1 aliphatic heterocycles. The summed E-state index contributed by atoms with van der Waals surface area (Å²) in [6.45, 7) is 4.65. The minimum absolute atomic E-state index is 0.0472. The predicted octanol–water partition coefficient (Wildman–Crippen LogP) is 6.49. The molecule has 0 radical (unpaired) electrons. The molecule has 2 atom stereocenters. The van der Waals surface area contributed by atoms with Crippen LogP contribution in [0, 0.1) is 0 Å². The molecule has 9 heteroatoms. The average Bonchev–Trinajstić information content (AvgIpc) is 3.08. The molecule has 46 heavy (non-hydrogen) atoms. The van der Waals surface area contributed by atoms with Crippen LogP contribution in [0.25, 0.3) is 0 Å². The highest BCUT2D eigenvalue weighted by atomic mass is 16.6. The zero-order chi connectivity index (χ0) is 32.6. The Morgan fingerprint density at radius 2 is 1.46 bits per heavy atom. The Bertz CT molecular complexity index is 1630. The molecule has 2 aliphatic rings. The Kier molecular flexibility index (Phi) is 10.5. The Morgan fingerprint density at radius 3 is 2.17 bits per heavy atom. The normalized spacial score (nSPS) is 17.5. The molecule has 1 N–H and O–H groups in total. The number of esters is 1. The van der Waals surface area contributed by atoms with E-state index in [2.05, 4.69) is 5.32 Å². The van der Waals surface area contributed by atoms with Crippen LogP contribution in [0.2, 0.25) is 0 Å². The van der Waals surface area contributed by atoms with Gasteiger partial charge in [-0.1, -0.05) is 37.3 Å². The van der Waals surface area contributed by atoms with Crippen molar-refractivity contribution in [2.24, 2.45) is 0 Å². The SMILES string of the molecule is CCCOc1ccc([C@H]2C(C(=O)OCCOc3ccccc3)=C(C)NC3=C2C(=O)C[C@@H](c2ccc(OC)c(OC)c2)C3)cc1OC. The highest BCUT2D eigenvalue weighted by Crippen LogP contribution is 2.47. The highest BCUT2D eigenvalue weighted by Gasteiger charge is 2.42. The maximum Gasteiger partial charge on any atom is 0.336 e. The van der Waals surface area contributed by atoms with Gasteiger partial charge in [-0.15, -0.1) is 0 Å². The number of Topliss-reactive ketones (excluding diaryl/α,β-unsaturated/α-hetero) is 1. The van der Waals surface area contributed by atoms with Crippen molar-refractivity contribution in [3.8, 4) is 28.7 Å². The molecule has 9 nitrogen and oxygen atoms in total. The molecule has 1 heterocycles. The van der Waals surface area contributed by atoms with Gasteiger partial charge in [-0.2, -0.15) is 0 Å².